The van der Waals surface area contributed by atoms with Crippen LogP contribution in [0.25, 0.3) is 0 Å². The number of aliphatic hydroxyl groups is 1. The lowest BCUT2D eigenvalue weighted by molar-refractivity contribution is -0.146. The second-order valence-corrected chi connectivity index (χ2v) is 10.5. The molecule has 1 aromatic rings. The van der Waals surface area contributed by atoms with Gasteiger partial charge in [0.1, 0.15) is 11.6 Å². The zero-order valence-corrected chi connectivity index (χ0v) is 20.4. The van der Waals surface area contributed by atoms with Crippen LogP contribution in [-0.2, 0) is 19.1 Å². The third-order valence-electron chi connectivity index (χ3n) is 8.48. The number of aliphatic hydroxyl groups excluding tert-OH is 1. The molecule has 0 radical (unpaired) electrons. The summed E-state index contributed by atoms with van der Waals surface area (Å²) in [4.78, 5) is 42.8. The Balaban J connectivity index is 1.52. The molecule has 5 rings (SSSR count). The van der Waals surface area contributed by atoms with Crippen LogP contribution < -0.4 is 10.6 Å². The molecule has 8 nitrogen and oxygen atoms in total. The Labute approximate surface area is 206 Å². The minimum atomic E-state index is -1.04. The molecule has 3 N–H and O–H groups in total. The summed E-state index contributed by atoms with van der Waals surface area (Å²) in [6.45, 7) is 2.20. The molecule has 1 saturated carbocycles. The zero-order valence-electron chi connectivity index (χ0n) is 20.4. The molecular formula is C27H37N3O5. The third kappa shape index (κ3) is 4.04. The zero-order chi connectivity index (χ0) is 24.6. The molecule has 4 aliphatic rings. The lowest BCUT2D eigenvalue weighted by atomic mass is 9.70. The Morgan fingerprint density at radius 3 is 2.57 bits per heavy atom. The molecule has 3 aliphatic heterocycles. The predicted molar refractivity (Wildman–Crippen MR) is 129 cm³/mol. The van der Waals surface area contributed by atoms with Gasteiger partial charge >= 0.3 is 0 Å². The van der Waals surface area contributed by atoms with Crippen molar-refractivity contribution in [3.63, 3.8) is 0 Å². The molecule has 2 bridgehead atoms. The molecule has 3 amide bonds. The Kier molecular flexibility index (Phi) is 6.86. The molecule has 8 heteroatoms. The lowest BCUT2D eigenvalue weighted by Crippen LogP contribution is -2.57. The van der Waals surface area contributed by atoms with Gasteiger partial charge in [-0.3, -0.25) is 14.4 Å². The van der Waals surface area contributed by atoms with Gasteiger partial charge in [-0.05, 0) is 37.7 Å². The van der Waals surface area contributed by atoms with E-state index in [1.165, 1.54) is 6.42 Å². The highest BCUT2D eigenvalue weighted by Gasteiger charge is 2.75. The number of nitrogens with one attached hydrogen (secondary N) is 2. The minimum absolute atomic E-state index is 0.0789. The highest BCUT2D eigenvalue weighted by molar-refractivity contribution is 5.99. The van der Waals surface area contributed by atoms with Crippen LogP contribution in [0.1, 0.15) is 69.9 Å². The van der Waals surface area contributed by atoms with Crippen LogP contribution in [0.2, 0.25) is 0 Å². The SMILES string of the molecule is CCCNC(=O)[C@@H]1[C@@H]2CCC3(O2)C(C(=O)NC2CCCCC2)N([C@H](CO)c2ccccc2)C(=O)[C@H]13. The number of rotatable bonds is 8. The van der Waals surface area contributed by atoms with Crippen molar-refractivity contribution in [3.05, 3.63) is 35.9 Å². The van der Waals surface area contributed by atoms with Gasteiger partial charge in [-0.25, -0.2) is 0 Å². The van der Waals surface area contributed by atoms with Gasteiger partial charge < -0.3 is 25.4 Å². The summed E-state index contributed by atoms with van der Waals surface area (Å²) in [6.07, 6.45) is 6.81. The van der Waals surface area contributed by atoms with Gasteiger partial charge in [0.2, 0.25) is 17.7 Å². The fraction of sp³-hybridized carbons (Fsp3) is 0.667. The van der Waals surface area contributed by atoms with Crippen LogP contribution in [-0.4, -0.2) is 64.7 Å². The number of benzene rings is 1. The summed E-state index contributed by atoms with van der Waals surface area (Å²) in [5.41, 5.74) is -0.284. The number of fused-ring (bicyclic) bond motifs is 1. The summed E-state index contributed by atoms with van der Waals surface area (Å²) in [7, 11) is 0. The van der Waals surface area contributed by atoms with E-state index in [1.54, 1.807) is 4.90 Å². The van der Waals surface area contributed by atoms with Crippen molar-refractivity contribution in [2.75, 3.05) is 13.2 Å². The largest absolute Gasteiger partial charge is 0.394 e. The maximum atomic E-state index is 14.1. The lowest BCUT2D eigenvalue weighted by Gasteiger charge is -2.38. The van der Waals surface area contributed by atoms with Crippen molar-refractivity contribution < 1.29 is 24.2 Å². The van der Waals surface area contributed by atoms with Gasteiger partial charge in [-0.2, -0.15) is 0 Å². The summed E-state index contributed by atoms with van der Waals surface area (Å²) in [6, 6.07) is 7.83. The van der Waals surface area contributed by atoms with E-state index in [1.807, 2.05) is 37.3 Å². The van der Waals surface area contributed by atoms with Crippen molar-refractivity contribution in [1.82, 2.24) is 15.5 Å². The van der Waals surface area contributed by atoms with Gasteiger partial charge in [0.25, 0.3) is 0 Å². The van der Waals surface area contributed by atoms with Crippen LogP contribution in [0.3, 0.4) is 0 Å². The normalized spacial score (nSPS) is 33.0. The first kappa shape index (κ1) is 24.3. The number of hydrogen-bond acceptors (Lipinski definition) is 5. The molecule has 6 atom stereocenters. The Hall–Kier alpha value is -2.45. The maximum Gasteiger partial charge on any atom is 0.246 e. The third-order valence-corrected chi connectivity index (χ3v) is 8.48. The quantitative estimate of drug-likeness (QED) is 0.525. The number of likely N-dealkylation sites (tertiary alicyclic amines) is 1. The summed E-state index contributed by atoms with van der Waals surface area (Å²) in [5.74, 6) is -2.01. The van der Waals surface area contributed by atoms with E-state index in [2.05, 4.69) is 10.6 Å². The molecule has 3 saturated heterocycles. The Morgan fingerprint density at radius 1 is 1.14 bits per heavy atom. The molecule has 190 valence electrons. The van der Waals surface area contributed by atoms with Crippen molar-refractivity contribution in [1.29, 1.82) is 0 Å². The minimum Gasteiger partial charge on any atom is -0.394 e. The van der Waals surface area contributed by atoms with E-state index >= 15 is 0 Å². The number of carbonyl (C=O) groups is 3. The fourth-order valence-corrected chi connectivity index (χ4v) is 6.95. The smallest absolute Gasteiger partial charge is 0.246 e. The van der Waals surface area contributed by atoms with E-state index < -0.39 is 29.5 Å². The maximum absolute atomic E-state index is 14.1. The van der Waals surface area contributed by atoms with E-state index in [9.17, 15) is 19.5 Å². The molecule has 2 unspecified atom stereocenters. The molecule has 35 heavy (non-hydrogen) atoms. The van der Waals surface area contributed by atoms with Gasteiger partial charge in [0.05, 0.1) is 30.6 Å². The fourth-order valence-electron chi connectivity index (χ4n) is 6.95. The molecule has 0 aromatic heterocycles. The van der Waals surface area contributed by atoms with Crippen molar-refractivity contribution in [3.8, 4) is 0 Å². The highest BCUT2D eigenvalue weighted by Crippen LogP contribution is 2.59. The van der Waals surface area contributed by atoms with Gasteiger partial charge in [0, 0.05) is 12.6 Å². The molecule has 4 fully saturated rings. The number of amides is 3. The van der Waals surface area contributed by atoms with Crippen molar-refractivity contribution in [2.45, 2.75) is 88.1 Å². The first-order valence-corrected chi connectivity index (χ1v) is 13.3. The van der Waals surface area contributed by atoms with Gasteiger partial charge in [0.15, 0.2) is 0 Å². The number of ether oxygens (including phenoxy) is 1. The molecule has 1 spiro atoms. The van der Waals surface area contributed by atoms with Crippen LogP contribution in [0.15, 0.2) is 30.3 Å². The highest BCUT2D eigenvalue weighted by atomic mass is 16.5. The van der Waals surface area contributed by atoms with Gasteiger partial charge in [-0.15, -0.1) is 0 Å². The first-order valence-electron chi connectivity index (χ1n) is 13.3. The summed E-state index contributed by atoms with van der Waals surface area (Å²) in [5, 5.41) is 16.6. The van der Waals surface area contributed by atoms with Crippen LogP contribution in [0, 0.1) is 11.8 Å². The molecule has 3 heterocycles. The summed E-state index contributed by atoms with van der Waals surface area (Å²) < 4.78 is 6.49. The average molecular weight is 484 g/mol. The molecular weight excluding hydrogens is 446 g/mol. The Bertz CT molecular complexity index is 949. The van der Waals surface area contributed by atoms with E-state index in [0.717, 1.165) is 37.7 Å². The predicted octanol–water partition coefficient (Wildman–Crippen LogP) is 2.07. The monoisotopic (exact) mass is 483 g/mol. The van der Waals surface area contributed by atoms with Crippen molar-refractivity contribution >= 4 is 17.7 Å². The molecule has 1 aliphatic carbocycles. The first-order chi connectivity index (χ1) is 17.0. The van der Waals surface area contributed by atoms with Gasteiger partial charge in [-0.1, -0.05) is 56.5 Å². The van der Waals surface area contributed by atoms with Crippen LogP contribution >= 0.6 is 0 Å². The van der Waals surface area contributed by atoms with E-state index in [-0.39, 0.29) is 36.5 Å². The van der Waals surface area contributed by atoms with Crippen LogP contribution in [0.4, 0.5) is 0 Å². The van der Waals surface area contributed by atoms with Crippen molar-refractivity contribution in [2.24, 2.45) is 11.8 Å². The second kappa shape index (κ2) is 9.90. The topological polar surface area (TPSA) is 108 Å². The average Bonchev–Trinajstić information content (AvgIpc) is 3.52. The number of carbonyl (C=O) groups excluding carboxylic acids is 3. The van der Waals surface area contributed by atoms with E-state index in [0.29, 0.717) is 19.4 Å². The van der Waals surface area contributed by atoms with Crippen LogP contribution in [0.5, 0.6) is 0 Å². The summed E-state index contributed by atoms with van der Waals surface area (Å²) >= 11 is 0. The number of nitrogens with zero attached hydrogens (tertiary/aromatic N) is 1. The Morgan fingerprint density at radius 2 is 1.89 bits per heavy atom. The second-order valence-electron chi connectivity index (χ2n) is 10.5. The number of hydrogen-bond donors (Lipinski definition) is 3. The standard InChI is InChI=1S/C27H37N3O5/c1-2-15-28-24(32)21-20-13-14-27(35-20)22(21)26(34)30(19(16-31)17-9-5-3-6-10-17)23(27)25(33)29-18-11-7-4-8-12-18/h3,5-6,9-10,18-23,31H,2,4,7-8,11-16H2,1H3,(H,28,32)(H,29,33)/t19-,20+,21-,22+,23?,27?/m1/s1. The van der Waals surface area contributed by atoms with E-state index in [4.69, 9.17) is 4.74 Å². The molecule has 1 aromatic carbocycles.